The molecular formula is C56H53FIrN4O-2. The molecule has 4 aromatic heterocycles. The Kier molecular flexibility index (Phi) is 8.75. The van der Waals surface area contributed by atoms with Crippen LogP contribution in [0.2, 0.25) is 0 Å². The summed E-state index contributed by atoms with van der Waals surface area (Å²) in [5.41, 5.74) is 5.52. The van der Waals surface area contributed by atoms with Crippen molar-refractivity contribution in [1.82, 2.24) is 19.5 Å². The second kappa shape index (κ2) is 18.2. The molecule has 0 amide bonds. The van der Waals surface area contributed by atoms with E-state index in [4.69, 9.17) is 27.2 Å². The molecule has 0 saturated heterocycles. The molecule has 0 N–H and O–H groups in total. The van der Waals surface area contributed by atoms with E-state index in [2.05, 4.69) is 22.1 Å². The van der Waals surface area contributed by atoms with Crippen LogP contribution in [0.1, 0.15) is 116 Å². The summed E-state index contributed by atoms with van der Waals surface area (Å²) in [5.74, 6) is -1.70. The predicted molar refractivity (Wildman–Crippen MR) is 253 cm³/mol. The van der Waals surface area contributed by atoms with Crippen LogP contribution >= 0.6 is 0 Å². The van der Waals surface area contributed by atoms with Gasteiger partial charge >= 0.3 is 0 Å². The molecule has 1 aliphatic rings. The number of rotatable bonds is 8. The van der Waals surface area contributed by atoms with Gasteiger partial charge in [-0.25, -0.2) is 4.39 Å². The number of hydrogen-bond donors (Lipinski definition) is 0. The Bertz CT molecular complexity index is 3480. The van der Waals surface area contributed by atoms with Gasteiger partial charge in [0.05, 0.1) is 22.4 Å². The first-order chi connectivity index (χ1) is 35.0. The molecule has 5 aromatic carbocycles. The molecule has 63 heavy (non-hydrogen) atoms. The van der Waals surface area contributed by atoms with Crippen LogP contribution in [0.15, 0.2) is 126 Å². The standard InChI is InChI=1S/C43H41FN3O.C13H12N.Ir/c1-26(2)35-24-45-25-36(27(3)4)40(35)47-38-14-7-6-13-37(38)46-42(47)32-12-10-11-31-34-21-28(5)33(22-39(34)48-41(31)32)30-17-15-29(16-18-30)23-43(44)19-8-9-20-43;1-10-3-6-12(7-4-10)13-8-5-11(2)9-14-13;/h6-7,10-11,13-18,21-22,24-27H,8-9,19-20,23H2,1-5H3;3-6,8-9H,1-2H3;/q2*-1;/i5D3,23D2,26D,27D;1D3,2D3;. The maximum Gasteiger partial charge on any atom is 0.121 e. The van der Waals surface area contributed by atoms with Gasteiger partial charge in [-0.2, -0.15) is 0 Å². The molecule has 9 aromatic rings. The molecule has 0 spiro atoms. The van der Waals surface area contributed by atoms with Gasteiger partial charge in [0.1, 0.15) is 11.3 Å². The van der Waals surface area contributed by atoms with Crippen molar-refractivity contribution in [1.29, 1.82) is 0 Å². The number of hydrogen-bond acceptors (Lipinski definition) is 4. The Morgan fingerprint density at radius 1 is 0.841 bits per heavy atom. The van der Waals surface area contributed by atoms with E-state index in [0.29, 0.717) is 90.9 Å². The van der Waals surface area contributed by atoms with Crippen molar-refractivity contribution in [2.24, 2.45) is 0 Å². The fourth-order valence-corrected chi connectivity index (χ4v) is 8.23. The third kappa shape index (κ3) is 8.79. The maximum atomic E-state index is 15.7. The van der Waals surface area contributed by atoms with Crippen LogP contribution in [-0.4, -0.2) is 25.2 Å². The molecule has 0 bridgehead atoms. The quantitative estimate of drug-likeness (QED) is 0.142. The fourth-order valence-electron chi connectivity index (χ4n) is 8.23. The number of fused-ring (bicyclic) bond motifs is 4. The minimum absolute atomic E-state index is 0. The molecule has 4 heterocycles. The van der Waals surface area contributed by atoms with E-state index < -0.39 is 44.4 Å². The topological polar surface area (TPSA) is 56.7 Å². The van der Waals surface area contributed by atoms with Crippen LogP contribution in [0.5, 0.6) is 0 Å². The number of para-hydroxylation sites is 2. The molecule has 0 aliphatic heterocycles. The summed E-state index contributed by atoms with van der Waals surface area (Å²) >= 11 is 0. The van der Waals surface area contributed by atoms with Gasteiger partial charge in [-0.3, -0.25) is 9.97 Å². The molecule has 5 nitrogen and oxygen atoms in total. The van der Waals surface area contributed by atoms with E-state index in [1.807, 2.05) is 34.9 Å². The van der Waals surface area contributed by atoms with Gasteiger partial charge in [-0.1, -0.05) is 107 Å². The second-order valence-corrected chi connectivity index (χ2v) is 16.2. The summed E-state index contributed by atoms with van der Waals surface area (Å²) in [6, 6.07) is 34.8. The van der Waals surface area contributed by atoms with Gasteiger partial charge in [0.15, 0.2) is 0 Å². The van der Waals surface area contributed by atoms with Crippen LogP contribution in [0.4, 0.5) is 4.39 Å². The molecule has 10 rings (SSSR count). The summed E-state index contributed by atoms with van der Waals surface area (Å²) in [6.45, 7) is 0.303. The van der Waals surface area contributed by atoms with Crippen molar-refractivity contribution in [2.45, 2.75) is 97.8 Å². The summed E-state index contributed by atoms with van der Waals surface area (Å²) in [6.07, 6.45) is 4.07. The number of alkyl halides is 1. The zero-order valence-corrected chi connectivity index (χ0v) is 37.7. The van der Waals surface area contributed by atoms with E-state index in [1.54, 1.807) is 94.7 Å². The van der Waals surface area contributed by atoms with Gasteiger partial charge < -0.3 is 14.0 Å². The largest absolute Gasteiger partial charge is 0.501 e. The first-order valence-electron chi connectivity index (χ1n) is 27.1. The SMILES string of the molecule is [2H]C([2H])([2H])c1c[c-]c(-c2ccc(C([2H])([2H])[2H])cn2)cc1.[2H]C([2H])([2H])c1cc2c(cc1-c1ccc(C([2H])([2H])C3(F)CCCC3)cc1)oc1c(-c3nc4ccccc4n3-c3c(C([2H])(C)C)cncc3C([2H])(C)C)[c-]ccc12.[Ir]. The average Bonchev–Trinajstić information content (AvgIpc) is 4.08. The van der Waals surface area contributed by atoms with Crippen molar-refractivity contribution in [3.63, 3.8) is 0 Å². The zero-order chi connectivity index (χ0) is 54.3. The summed E-state index contributed by atoms with van der Waals surface area (Å²) < 4.78 is 129. The monoisotopic (exact) mass is 1020 g/mol. The van der Waals surface area contributed by atoms with E-state index in [9.17, 15) is 0 Å². The first kappa shape index (κ1) is 30.4. The van der Waals surface area contributed by atoms with Crippen molar-refractivity contribution < 1.29 is 46.7 Å². The molecule has 0 unspecified atom stereocenters. The number of imidazole rings is 1. The normalized spacial score (nSPS) is 17.7. The molecule has 1 radical (unpaired) electrons. The molecule has 0 atom stereocenters. The number of furan rings is 1. The van der Waals surface area contributed by atoms with Gasteiger partial charge in [0.25, 0.3) is 0 Å². The predicted octanol–water partition coefficient (Wildman–Crippen LogP) is 15.0. The van der Waals surface area contributed by atoms with Gasteiger partial charge in [0, 0.05) is 74.0 Å². The number of halogens is 1. The molecule has 321 valence electrons. The van der Waals surface area contributed by atoms with Gasteiger partial charge in [0.2, 0.25) is 0 Å². The number of benzene rings is 5. The van der Waals surface area contributed by atoms with Crippen LogP contribution in [0.25, 0.3) is 72.4 Å². The second-order valence-electron chi connectivity index (χ2n) is 16.2. The smallest absolute Gasteiger partial charge is 0.121 e. The molecule has 1 fully saturated rings. The van der Waals surface area contributed by atoms with Crippen LogP contribution in [-0.2, 0) is 26.5 Å². The summed E-state index contributed by atoms with van der Waals surface area (Å²) in [4.78, 5) is 13.6. The Hall–Kier alpha value is -5.75. The van der Waals surface area contributed by atoms with Crippen LogP contribution in [0, 0.1) is 32.7 Å². The Balaban J connectivity index is 0.000000307. The molecule has 7 heteroatoms. The third-order valence-corrected chi connectivity index (χ3v) is 11.4. The van der Waals surface area contributed by atoms with Gasteiger partial charge in [-0.15, -0.1) is 53.6 Å². The number of aromatic nitrogens is 4. The van der Waals surface area contributed by atoms with Crippen molar-refractivity contribution in [2.75, 3.05) is 0 Å². The van der Waals surface area contributed by atoms with Crippen LogP contribution < -0.4 is 0 Å². The first-order valence-corrected chi connectivity index (χ1v) is 20.6. The average molecular weight is 1020 g/mol. The minimum Gasteiger partial charge on any atom is -0.501 e. The van der Waals surface area contributed by atoms with E-state index in [1.165, 1.54) is 24.4 Å². The molecule has 1 saturated carbocycles. The summed E-state index contributed by atoms with van der Waals surface area (Å²) in [7, 11) is 0. The molecular weight excluding hydrogens is 956 g/mol. The number of nitrogens with zero attached hydrogens (tertiary/aromatic N) is 4. The van der Waals surface area contributed by atoms with E-state index in [-0.39, 0.29) is 55.2 Å². The Labute approximate surface area is 402 Å². The Morgan fingerprint density at radius 2 is 1.59 bits per heavy atom. The number of aryl methyl sites for hydroxylation is 3. The van der Waals surface area contributed by atoms with E-state index in [0.717, 1.165) is 5.52 Å². The maximum absolute atomic E-state index is 15.7. The van der Waals surface area contributed by atoms with E-state index >= 15 is 4.39 Å². The molecule has 1 aliphatic carbocycles. The van der Waals surface area contributed by atoms with Gasteiger partial charge in [-0.05, 0) is 107 Å². The van der Waals surface area contributed by atoms with Crippen molar-refractivity contribution in [3.05, 3.63) is 167 Å². The third-order valence-electron chi connectivity index (χ3n) is 11.4. The minimum atomic E-state index is -2.51. The zero-order valence-electron chi connectivity index (χ0n) is 48.3. The Morgan fingerprint density at radius 3 is 2.25 bits per heavy atom. The summed E-state index contributed by atoms with van der Waals surface area (Å²) in [5, 5.41) is 1.24. The van der Waals surface area contributed by atoms with Crippen molar-refractivity contribution in [3.8, 4) is 39.5 Å². The number of pyridine rings is 2. The van der Waals surface area contributed by atoms with Crippen molar-refractivity contribution >= 4 is 33.0 Å². The van der Waals surface area contributed by atoms with Crippen LogP contribution in [0.3, 0.4) is 0 Å². The fraction of sp³-hybridized carbons (Fsp3) is 0.268.